The van der Waals surface area contributed by atoms with Crippen molar-refractivity contribution in [3.05, 3.63) is 64.7 Å². The predicted molar refractivity (Wildman–Crippen MR) is 92.6 cm³/mol. The topological polar surface area (TPSA) is 72.5 Å². The molecule has 0 saturated heterocycles. The van der Waals surface area contributed by atoms with Gasteiger partial charge in [-0.25, -0.2) is 17.9 Å². The van der Waals surface area contributed by atoms with Gasteiger partial charge in [0.05, 0.1) is 22.6 Å². The highest BCUT2D eigenvalue weighted by Gasteiger charge is 2.22. The Kier molecular flexibility index (Phi) is 5.99. The van der Waals surface area contributed by atoms with Gasteiger partial charge in [0.2, 0.25) is 10.0 Å². The number of halogens is 1. The van der Waals surface area contributed by atoms with Gasteiger partial charge in [-0.1, -0.05) is 48.9 Å². The Hall–Kier alpha value is -1.89. The van der Waals surface area contributed by atoms with Crippen LogP contribution in [0.15, 0.2) is 53.4 Å². The Labute approximate surface area is 146 Å². The van der Waals surface area contributed by atoms with Crippen molar-refractivity contribution in [3.63, 3.8) is 0 Å². The number of hydrogen-bond acceptors (Lipinski definition) is 4. The zero-order valence-electron chi connectivity index (χ0n) is 13.3. The van der Waals surface area contributed by atoms with E-state index in [-0.39, 0.29) is 21.5 Å². The molecule has 128 valence electrons. The molecule has 1 N–H and O–H groups in total. The van der Waals surface area contributed by atoms with Gasteiger partial charge < -0.3 is 4.74 Å². The second kappa shape index (κ2) is 7.79. The van der Waals surface area contributed by atoms with Crippen LogP contribution in [-0.4, -0.2) is 21.5 Å². The van der Waals surface area contributed by atoms with Gasteiger partial charge >= 0.3 is 5.97 Å². The normalized spacial score (nSPS) is 12.6. The van der Waals surface area contributed by atoms with Crippen LogP contribution in [0.5, 0.6) is 0 Å². The van der Waals surface area contributed by atoms with Crippen molar-refractivity contribution in [1.82, 2.24) is 4.72 Å². The van der Waals surface area contributed by atoms with Crippen LogP contribution in [0.25, 0.3) is 0 Å². The summed E-state index contributed by atoms with van der Waals surface area (Å²) in [7, 11) is -2.61. The standard InChI is InChI=1S/C17H18ClNO4S/c1-3-16(12-7-5-4-6-8-12)19-24(21,22)13-9-10-15(18)14(11-13)17(20)23-2/h4-11,16,19H,3H2,1-2H3. The molecular weight excluding hydrogens is 350 g/mol. The fourth-order valence-corrected chi connectivity index (χ4v) is 3.79. The number of methoxy groups -OCH3 is 1. The average molecular weight is 368 g/mol. The molecule has 24 heavy (non-hydrogen) atoms. The first-order valence-electron chi connectivity index (χ1n) is 7.34. The van der Waals surface area contributed by atoms with Crippen molar-refractivity contribution in [2.45, 2.75) is 24.3 Å². The third-order valence-corrected chi connectivity index (χ3v) is 5.36. The van der Waals surface area contributed by atoms with Crippen molar-refractivity contribution in [1.29, 1.82) is 0 Å². The lowest BCUT2D eigenvalue weighted by atomic mass is 10.1. The number of sulfonamides is 1. The summed E-state index contributed by atoms with van der Waals surface area (Å²) in [5.41, 5.74) is 0.875. The Morgan fingerprint density at radius 3 is 2.46 bits per heavy atom. The van der Waals surface area contributed by atoms with Gasteiger partial charge in [0, 0.05) is 6.04 Å². The number of nitrogens with one attached hydrogen (secondary N) is 1. The lowest BCUT2D eigenvalue weighted by Crippen LogP contribution is -2.28. The van der Waals surface area contributed by atoms with E-state index in [1.54, 1.807) is 0 Å². The average Bonchev–Trinajstić information content (AvgIpc) is 2.60. The first-order chi connectivity index (χ1) is 11.4. The van der Waals surface area contributed by atoms with Crippen molar-refractivity contribution < 1.29 is 17.9 Å². The van der Waals surface area contributed by atoms with Crippen molar-refractivity contribution in [2.75, 3.05) is 7.11 Å². The Balaban J connectivity index is 2.35. The van der Waals surface area contributed by atoms with E-state index >= 15 is 0 Å². The summed E-state index contributed by atoms with van der Waals surface area (Å²) >= 11 is 5.93. The molecule has 0 fully saturated rings. The van der Waals surface area contributed by atoms with Crippen LogP contribution < -0.4 is 4.72 Å². The number of benzene rings is 2. The minimum atomic E-state index is -3.82. The van der Waals surface area contributed by atoms with Crippen molar-refractivity contribution >= 4 is 27.6 Å². The molecular formula is C17H18ClNO4S. The van der Waals surface area contributed by atoms with E-state index in [9.17, 15) is 13.2 Å². The van der Waals surface area contributed by atoms with Crippen LogP contribution in [0.4, 0.5) is 0 Å². The molecule has 1 atom stereocenters. The molecule has 0 aromatic heterocycles. The highest BCUT2D eigenvalue weighted by atomic mass is 35.5. The third kappa shape index (κ3) is 4.14. The second-order valence-corrected chi connectivity index (χ2v) is 7.25. The largest absolute Gasteiger partial charge is 0.465 e. The molecule has 0 aliphatic rings. The fraction of sp³-hybridized carbons (Fsp3) is 0.235. The zero-order valence-corrected chi connectivity index (χ0v) is 14.9. The first kappa shape index (κ1) is 18.4. The molecule has 0 bridgehead atoms. The van der Waals surface area contributed by atoms with Gasteiger partial charge in [0.15, 0.2) is 0 Å². The molecule has 0 aliphatic carbocycles. The molecule has 7 heteroatoms. The van der Waals surface area contributed by atoms with Crippen LogP contribution in [0.3, 0.4) is 0 Å². The summed E-state index contributed by atoms with van der Waals surface area (Å²) in [5.74, 6) is -0.688. The van der Waals surface area contributed by atoms with E-state index in [1.165, 1.54) is 25.3 Å². The van der Waals surface area contributed by atoms with Crippen molar-refractivity contribution in [2.24, 2.45) is 0 Å². The molecule has 0 spiro atoms. The molecule has 0 amide bonds. The number of hydrogen-bond donors (Lipinski definition) is 1. The van der Waals surface area contributed by atoms with E-state index in [4.69, 9.17) is 11.6 Å². The summed E-state index contributed by atoms with van der Waals surface area (Å²) in [4.78, 5) is 11.7. The predicted octanol–water partition coefficient (Wildman–Crippen LogP) is 3.56. The number of esters is 1. The molecule has 2 aromatic rings. The zero-order chi connectivity index (χ0) is 17.7. The first-order valence-corrected chi connectivity index (χ1v) is 9.20. The molecule has 0 radical (unpaired) electrons. The van der Waals surface area contributed by atoms with Gasteiger partial charge in [-0.05, 0) is 30.2 Å². The van der Waals surface area contributed by atoms with E-state index in [2.05, 4.69) is 9.46 Å². The van der Waals surface area contributed by atoms with Gasteiger partial charge in [0.1, 0.15) is 0 Å². The summed E-state index contributed by atoms with van der Waals surface area (Å²) in [6.07, 6.45) is 0.584. The van der Waals surface area contributed by atoms with E-state index in [1.807, 2.05) is 37.3 Å². The quantitative estimate of drug-likeness (QED) is 0.792. The summed E-state index contributed by atoms with van der Waals surface area (Å²) in [6, 6.07) is 12.9. The highest BCUT2D eigenvalue weighted by Crippen LogP contribution is 2.24. The minimum absolute atomic E-state index is 0.00908. The van der Waals surface area contributed by atoms with Crippen LogP contribution in [0.1, 0.15) is 35.3 Å². The molecule has 2 aromatic carbocycles. The van der Waals surface area contributed by atoms with E-state index < -0.39 is 16.0 Å². The molecule has 0 aliphatic heterocycles. The maximum atomic E-state index is 12.6. The monoisotopic (exact) mass is 367 g/mol. The lowest BCUT2D eigenvalue weighted by Gasteiger charge is -2.18. The van der Waals surface area contributed by atoms with E-state index in [0.717, 1.165) is 5.56 Å². The van der Waals surface area contributed by atoms with E-state index in [0.29, 0.717) is 6.42 Å². The molecule has 0 saturated carbocycles. The number of rotatable bonds is 6. The summed E-state index contributed by atoms with van der Waals surface area (Å²) in [5, 5.41) is 0.135. The van der Waals surface area contributed by atoms with Crippen LogP contribution in [0, 0.1) is 0 Å². The lowest BCUT2D eigenvalue weighted by molar-refractivity contribution is 0.0600. The number of carbonyl (C=O) groups is 1. The van der Waals surface area contributed by atoms with Crippen LogP contribution >= 0.6 is 11.6 Å². The molecule has 0 heterocycles. The molecule has 1 unspecified atom stereocenters. The minimum Gasteiger partial charge on any atom is -0.465 e. The molecule has 5 nitrogen and oxygen atoms in total. The second-order valence-electron chi connectivity index (χ2n) is 5.13. The Morgan fingerprint density at radius 1 is 1.21 bits per heavy atom. The van der Waals surface area contributed by atoms with Crippen molar-refractivity contribution in [3.8, 4) is 0 Å². The fourth-order valence-electron chi connectivity index (χ4n) is 2.27. The maximum Gasteiger partial charge on any atom is 0.339 e. The van der Waals surface area contributed by atoms with Crippen LogP contribution in [-0.2, 0) is 14.8 Å². The van der Waals surface area contributed by atoms with Gasteiger partial charge in [0.25, 0.3) is 0 Å². The van der Waals surface area contributed by atoms with Gasteiger partial charge in [-0.15, -0.1) is 0 Å². The summed E-state index contributed by atoms with van der Waals surface area (Å²) < 4.78 is 32.6. The maximum absolute atomic E-state index is 12.6. The number of ether oxygens (including phenoxy) is 1. The highest BCUT2D eigenvalue weighted by molar-refractivity contribution is 7.89. The third-order valence-electron chi connectivity index (χ3n) is 3.56. The Morgan fingerprint density at radius 2 is 1.88 bits per heavy atom. The summed E-state index contributed by atoms with van der Waals surface area (Å²) in [6.45, 7) is 1.89. The van der Waals surface area contributed by atoms with Crippen LogP contribution in [0.2, 0.25) is 5.02 Å². The SMILES string of the molecule is CCC(NS(=O)(=O)c1ccc(Cl)c(C(=O)OC)c1)c1ccccc1. The van der Waals surface area contributed by atoms with Gasteiger partial charge in [-0.3, -0.25) is 0 Å². The smallest absolute Gasteiger partial charge is 0.339 e. The Bertz CT molecular complexity index is 822. The van der Waals surface area contributed by atoms with Gasteiger partial charge in [-0.2, -0.15) is 0 Å². The molecule has 2 rings (SSSR count). The number of carbonyl (C=O) groups excluding carboxylic acids is 1.